The number of aryl methyl sites for hydroxylation is 1. The molecule has 4 aliphatic heterocycles. The van der Waals surface area contributed by atoms with Gasteiger partial charge in [0, 0.05) is 87.2 Å². The molecule has 1 spiro atoms. The van der Waals surface area contributed by atoms with E-state index in [1.165, 1.54) is 36.5 Å². The molecule has 2 amide bonds. The van der Waals surface area contributed by atoms with E-state index in [9.17, 15) is 19.8 Å². The number of amides is 2. The summed E-state index contributed by atoms with van der Waals surface area (Å²) in [7, 11) is 0. The molecule has 6 aliphatic rings. The van der Waals surface area contributed by atoms with Crippen molar-refractivity contribution in [3.63, 3.8) is 0 Å². The second kappa shape index (κ2) is 18.3. The largest absolute Gasteiger partial charge is 0.508 e. The molecule has 6 heterocycles. The summed E-state index contributed by atoms with van der Waals surface area (Å²) in [4.78, 5) is 46.3. The summed E-state index contributed by atoms with van der Waals surface area (Å²) >= 11 is 0. The number of aromatic hydroxyl groups is 1. The summed E-state index contributed by atoms with van der Waals surface area (Å²) in [6.45, 7) is 9.56. The van der Waals surface area contributed by atoms with Crippen LogP contribution in [0.4, 0.5) is 33.5 Å². The zero-order valence-electron chi connectivity index (χ0n) is 40.8. The number of carbonyl (C=O) groups excluding carboxylic acids is 2. The van der Waals surface area contributed by atoms with E-state index in [1.54, 1.807) is 13.0 Å². The van der Waals surface area contributed by atoms with E-state index in [4.69, 9.17) is 9.72 Å². The third-order valence-corrected chi connectivity index (χ3v) is 16.6. The van der Waals surface area contributed by atoms with Gasteiger partial charge in [-0.15, -0.1) is 0 Å². The Kier molecular flexibility index (Phi) is 12.4. The Morgan fingerprint density at radius 3 is 2.25 bits per heavy atom. The molecule has 72 heavy (non-hydrogen) atoms. The van der Waals surface area contributed by atoms with Crippen molar-refractivity contribution < 1.29 is 46.5 Å². The number of piperidine rings is 3. The van der Waals surface area contributed by atoms with Gasteiger partial charge in [-0.1, -0.05) is 13.0 Å². The van der Waals surface area contributed by atoms with Crippen LogP contribution in [0.3, 0.4) is 0 Å². The van der Waals surface area contributed by atoms with E-state index in [2.05, 4.69) is 25.1 Å². The summed E-state index contributed by atoms with van der Waals surface area (Å²) < 4.78 is 85.7. The lowest BCUT2D eigenvalue weighted by Gasteiger charge is -2.57. The van der Waals surface area contributed by atoms with Gasteiger partial charge in [0.05, 0.1) is 23.5 Å². The molecule has 6 fully saturated rings. The number of hydrogen-bond acceptors (Lipinski definition) is 12. The van der Waals surface area contributed by atoms with Crippen molar-refractivity contribution in [2.24, 2.45) is 10.8 Å². The number of ether oxygens (including phenoxy) is 1. The molecule has 4 saturated heterocycles. The Morgan fingerprint density at radius 2 is 1.57 bits per heavy atom. The zero-order chi connectivity index (χ0) is 50.3. The van der Waals surface area contributed by atoms with E-state index < -0.39 is 52.3 Å². The number of likely N-dealkylation sites (tertiary alicyclic amines) is 1. The summed E-state index contributed by atoms with van der Waals surface area (Å²) in [6.07, 6.45) is 7.86. The molecule has 1 unspecified atom stereocenters. The number of anilines is 2. The molecule has 18 heteroatoms. The van der Waals surface area contributed by atoms with E-state index in [-0.39, 0.29) is 64.3 Å². The highest BCUT2D eigenvalue weighted by atomic mass is 19.2. The van der Waals surface area contributed by atoms with Crippen molar-refractivity contribution >= 4 is 45.0 Å². The molecule has 11 rings (SSSR count). The van der Waals surface area contributed by atoms with E-state index in [0.717, 1.165) is 45.3 Å². The van der Waals surface area contributed by atoms with Crippen LogP contribution in [-0.4, -0.2) is 130 Å². The summed E-state index contributed by atoms with van der Waals surface area (Å²) in [5, 5.41) is 25.3. The maximum absolute atomic E-state index is 17.1. The number of hydrogen-bond donors (Lipinski definition) is 3. The third-order valence-electron chi connectivity index (χ3n) is 16.6. The second-order valence-electron chi connectivity index (χ2n) is 22.2. The number of nitrogens with zero attached hydrogens (tertiary/aromatic N) is 7. The van der Waals surface area contributed by atoms with Crippen LogP contribution in [0, 0.1) is 34.1 Å². The highest BCUT2D eigenvalue weighted by Crippen LogP contribution is 2.58. The molecular formula is C54H61F5N8O5. The first kappa shape index (κ1) is 48.5. The van der Waals surface area contributed by atoms with Crippen molar-refractivity contribution in [3.05, 3.63) is 77.0 Å². The van der Waals surface area contributed by atoms with Crippen LogP contribution >= 0.6 is 0 Å². The fourth-order valence-electron chi connectivity index (χ4n) is 12.7. The number of nitrogens with one attached hydrogen (secondary N) is 1. The molecule has 2 saturated carbocycles. The Morgan fingerprint density at radius 1 is 0.847 bits per heavy atom. The van der Waals surface area contributed by atoms with Gasteiger partial charge in [-0.3, -0.25) is 24.8 Å². The van der Waals surface area contributed by atoms with Crippen LogP contribution < -0.4 is 19.9 Å². The van der Waals surface area contributed by atoms with Crippen LogP contribution in [0.2, 0.25) is 0 Å². The standard InChI is InChI=1S/C54H61F5N8O5/c1-3-35-39(55)7-5-32-21-34(68)24-37(43(32)35)46-45(58)47-38(25-60-46)48(67-14-4-9-51(2,71)28-67)63-50(62-47)72-31-53(10-11-53)29-64-15-12-52(13-16-64)26-54(59,27-52)30-65-17-19-66(20-18-65)33-22-40(56)44(41(57)23-33)36-6-8-42(69)61-49(36)70/h5,7,21-25,36,68,71H,3-4,6,8-20,26-31H2,1-2H3,(H,61,69,70)/t36?,51-/m1/s1. The molecule has 0 radical (unpaired) electrons. The van der Waals surface area contributed by atoms with E-state index >= 15 is 22.0 Å². The minimum absolute atomic E-state index is 0.00217. The van der Waals surface area contributed by atoms with Gasteiger partial charge in [0.15, 0.2) is 5.82 Å². The van der Waals surface area contributed by atoms with Crippen molar-refractivity contribution in [2.45, 2.75) is 102 Å². The fraction of sp³-hybridized carbons (Fsp3) is 0.537. The number of piperazine rings is 1. The van der Waals surface area contributed by atoms with Crippen LogP contribution in [-0.2, 0) is 16.0 Å². The molecule has 382 valence electrons. The quantitative estimate of drug-likeness (QED) is 0.0820. The average Bonchev–Trinajstić information content (AvgIpc) is 4.10. The van der Waals surface area contributed by atoms with Gasteiger partial charge >= 0.3 is 6.01 Å². The first-order valence-electron chi connectivity index (χ1n) is 25.5. The number of carbonyl (C=O) groups is 2. The zero-order valence-corrected chi connectivity index (χ0v) is 40.8. The number of benzene rings is 3. The number of aliphatic hydroxyl groups is 1. The molecule has 2 atom stereocenters. The monoisotopic (exact) mass is 996 g/mol. The van der Waals surface area contributed by atoms with Crippen LogP contribution in [0.1, 0.15) is 95.1 Å². The first-order valence-corrected chi connectivity index (χ1v) is 25.5. The number of aromatic nitrogens is 3. The van der Waals surface area contributed by atoms with Gasteiger partial charge < -0.3 is 29.6 Å². The molecule has 2 aromatic heterocycles. The van der Waals surface area contributed by atoms with Crippen LogP contribution in [0.5, 0.6) is 11.8 Å². The number of phenols is 1. The number of rotatable bonds is 12. The number of β-amino-alcohol motifs (C(OH)–C–C–N with tert-alkyl or cyclic N) is 1. The minimum Gasteiger partial charge on any atom is -0.508 e. The highest BCUT2D eigenvalue weighted by molar-refractivity contribution is 6.02. The predicted molar refractivity (Wildman–Crippen MR) is 262 cm³/mol. The van der Waals surface area contributed by atoms with Crippen molar-refractivity contribution in [1.82, 2.24) is 30.1 Å². The smallest absolute Gasteiger partial charge is 0.319 e. The maximum Gasteiger partial charge on any atom is 0.319 e. The molecule has 13 nitrogen and oxygen atoms in total. The van der Waals surface area contributed by atoms with Gasteiger partial charge in [0.1, 0.15) is 45.9 Å². The Hall–Kier alpha value is -5.72. The second-order valence-corrected chi connectivity index (χ2v) is 22.2. The molecule has 3 aromatic carbocycles. The lowest BCUT2D eigenvalue weighted by Crippen LogP contribution is -2.60. The van der Waals surface area contributed by atoms with Crippen LogP contribution in [0.15, 0.2) is 42.6 Å². The number of imide groups is 1. The maximum atomic E-state index is 17.1. The minimum atomic E-state index is -1.30. The number of phenolic OH excluding ortho intramolecular Hbond substituents is 1. The van der Waals surface area contributed by atoms with Crippen molar-refractivity contribution in [1.29, 1.82) is 0 Å². The Labute approximate surface area is 414 Å². The number of alkyl halides is 1. The van der Waals surface area contributed by atoms with Gasteiger partial charge in [0.2, 0.25) is 11.8 Å². The number of pyridine rings is 1. The van der Waals surface area contributed by atoms with Crippen molar-refractivity contribution in [2.75, 3.05) is 81.9 Å². The average molecular weight is 997 g/mol. The Balaban J connectivity index is 0.721. The lowest BCUT2D eigenvalue weighted by atomic mass is 9.55. The third kappa shape index (κ3) is 9.31. The van der Waals surface area contributed by atoms with Gasteiger partial charge in [-0.2, -0.15) is 9.97 Å². The molecular weight excluding hydrogens is 936 g/mol. The molecule has 0 bridgehead atoms. The molecule has 3 N–H and O–H groups in total. The Bertz CT molecular complexity index is 2940. The van der Waals surface area contributed by atoms with E-state index in [0.29, 0.717) is 111 Å². The highest BCUT2D eigenvalue weighted by Gasteiger charge is 2.57. The SMILES string of the molecule is CCc1c(F)ccc2cc(O)cc(-c3ncc4c(N5CCC[C@@](C)(O)C5)nc(OCC5(CN6CCC7(CC6)CC(F)(CN6CCN(c8cc(F)c(C9CCC(=O)NC9=O)c(F)c8)CC6)C7)CC5)nc4c3F)c12. The molecule has 2 aliphatic carbocycles. The topological polar surface area (TPSA) is 147 Å². The van der Waals surface area contributed by atoms with Gasteiger partial charge in [0.25, 0.3) is 0 Å². The lowest BCUT2D eigenvalue weighted by molar-refractivity contribution is -0.134. The van der Waals surface area contributed by atoms with Gasteiger partial charge in [-0.25, -0.2) is 22.0 Å². The summed E-state index contributed by atoms with van der Waals surface area (Å²) in [5.74, 6) is -4.74. The van der Waals surface area contributed by atoms with Crippen LogP contribution in [0.25, 0.3) is 32.9 Å². The normalized spacial score (nSPS) is 24.2. The summed E-state index contributed by atoms with van der Waals surface area (Å²) in [6, 6.07) is 8.31. The number of halogens is 5. The molecule has 5 aromatic rings. The first-order chi connectivity index (χ1) is 34.4. The number of fused-ring (bicyclic) bond motifs is 2. The fourth-order valence-corrected chi connectivity index (χ4v) is 12.7. The summed E-state index contributed by atoms with van der Waals surface area (Å²) in [5.41, 5.74) is -1.94. The predicted octanol–water partition coefficient (Wildman–Crippen LogP) is 8.11. The van der Waals surface area contributed by atoms with Gasteiger partial charge in [-0.05, 0) is 136 Å². The van der Waals surface area contributed by atoms with Crippen molar-refractivity contribution in [3.8, 4) is 23.0 Å². The van der Waals surface area contributed by atoms with E-state index in [1.807, 2.05) is 16.7 Å².